The lowest BCUT2D eigenvalue weighted by Crippen LogP contribution is -2.40. The van der Waals surface area contributed by atoms with Crippen LogP contribution in [0.15, 0.2) is 47.4 Å². The third-order valence-corrected chi connectivity index (χ3v) is 7.95. The van der Waals surface area contributed by atoms with Crippen molar-refractivity contribution in [1.82, 2.24) is 4.98 Å². The molecule has 2 aromatic heterocycles. The second kappa shape index (κ2) is 5.24. The number of hydrogen-bond donors (Lipinski definition) is 1. The van der Waals surface area contributed by atoms with E-state index in [9.17, 15) is 8.42 Å². The van der Waals surface area contributed by atoms with Gasteiger partial charge in [0, 0.05) is 22.7 Å². The van der Waals surface area contributed by atoms with Crippen molar-refractivity contribution in [3.05, 3.63) is 48.6 Å². The number of nitrogens with one attached hydrogen (secondary N) is 1. The van der Waals surface area contributed by atoms with Crippen LogP contribution in [-0.4, -0.2) is 23.9 Å². The maximum atomic E-state index is 12.3. The lowest BCUT2D eigenvalue weighted by Gasteiger charge is -2.34. The monoisotopic (exact) mass is 343 g/mol. The van der Waals surface area contributed by atoms with Gasteiger partial charge in [0.05, 0.1) is 23.0 Å². The first-order valence-electron chi connectivity index (χ1n) is 8.23. The van der Waals surface area contributed by atoms with Crippen LogP contribution in [0.3, 0.4) is 0 Å². The van der Waals surface area contributed by atoms with Crippen LogP contribution in [0.2, 0.25) is 0 Å². The summed E-state index contributed by atoms with van der Waals surface area (Å²) in [5.41, 5.74) is 4.47. The fourth-order valence-electron chi connectivity index (χ4n) is 3.75. The SMILES string of the molecule is CC1(C)CC(c2c[nH]c3ccc(-c4ccoc4)cc23)CCS1(=O)=O. The first-order chi connectivity index (χ1) is 11.4. The molecule has 0 amide bonds. The summed E-state index contributed by atoms with van der Waals surface area (Å²) < 4.78 is 29.1. The van der Waals surface area contributed by atoms with Gasteiger partial charge in [0.25, 0.3) is 0 Å². The average molecular weight is 343 g/mol. The number of aromatic nitrogens is 1. The molecule has 4 rings (SSSR count). The van der Waals surface area contributed by atoms with Crippen LogP contribution in [0.25, 0.3) is 22.0 Å². The van der Waals surface area contributed by atoms with Gasteiger partial charge < -0.3 is 9.40 Å². The Labute approximate surface area is 141 Å². The second-order valence-corrected chi connectivity index (χ2v) is 10.0. The molecule has 1 aromatic carbocycles. The Kier molecular flexibility index (Phi) is 3.39. The van der Waals surface area contributed by atoms with Crippen molar-refractivity contribution in [2.75, 3.05) is 5.75 Å². The van der Waals surface area contributed by atoms with E-state index in [0.717, 1.165) is 16.6 Å². The molecule has 5 heteroatoms. The summed E-state index contributed by atoms with van der Waals surface area (Å²) in [5, 5.41) is 1.17. The van der Waals surface area contributed by atoms with Gasteiger partial charge in [0.2, 0.25) is 0 Å². The molecule has 1 unspecified atom stereocenters. The van der Waals surface area contributed by atoms with E-state index in [1.54, 1.807) is 12.5 Å². The molecule has 3 aromatic rings. The Morgan fingerprint density at radius 1 is 1.21 bits per heavy atom. The summed E-state index contributed by atoms with van der Waals surface area (Å²) in [7, 11) is -3.00. The maximum Gasteiger partial charge on any atom is 0.155 e. The smallest absolute Gasteiger partial charge is 0.155 e. The van der Waals surface area contributed by atoms with Gasteiger partial charge in [-0.15, -0.1) is 0 Å². The van der Waals surface area contributed by atoms with Crippen molar-refractivity contribution >= 4 is 20.7 Å². The number of hydrogen-bond acceptors (Lipinski definition) is 3. The summed E-state index contributed by atoms with van der Waals surface area (Å²) >= 11 is 0. The summed E-state index contributed by atoms with van der Waals surface area (Å²) in [6, 6.07) is 8.26. The summed E-state index contributed by atoms with van der Waals surface area (Å²) in [6.07, 6.45) is 6.81. The van der Waals surface area contributed by atoms with E-state index in [1.807, 2.05) is 26.1 Å². The third kappa shape index (κ3) is 2.38. The van der Waals surface area contributed by atoms with Gasteiger partial charge in [-0.3, -0.25) is 0 Å². The van der Waals surface area contributed by atoms with Crippen molar-refractivity contribution in [2.45, 2.75) is 37.4 Å². The highest BCUT2D eigenvalue weighted by Gasteiger charge is 2.41. The average Bonchev–Trinajstić information content (AvgIpc) is 3.18. The normalized spacial score (nSPS) is 22.7. The lowest BCUT2D eigenvalue weighted by molar-refractivity contribution is 0.451. The summed E-state index contributed by atoms with van der Waals surface area (Å²) in [5.74, 6) is 0.524. The molecule has 0 bridgehead atoms. The zero-order valence-corrected chi connectivity index (χ0v) is 14.7. The Morgan fingerprint density at radius 2 is 2.04 bits per heavy atom. The van der Waals surface area contributed by atoms with Crippen molar-refractivity contribution in [3.63, 3.8) is 0 Å². The number of rotatable bonds is 2. The fourth-order valence-corrected chi connectivity index (χ4v) is 5.35. The zero-order chi connectivity index (χ0) is 16.9. The van der Waals surface area contributed by atoms with Crippen LogP contribution >= 0.6 is 0 Å². The van der Waals surface area contributed by atoms with Crippen LogP contribution in [-0.2, 0) is 9.84 Å². The fraction of sp³-hybridized carbons (Fsp3) is 0.368. The quantitative estimate of drug-likeness (QED) is 0.745. The van der Waals surface area contributed by atoms with Gasteiger partial charge in [0.1, 0.15) is 0 Å². The maximum absolute atomic E-state index is 12.3. The molecule has 1 saturated heterocycles. The van der Waals surface area contributed by atoms with Crippen molar-refractivity contribution < 1.29 is 12.8 Å². The van der Waals surface area contributed by atoms with Gasteiger partial charge in [-0.1, -0.05) is 6.07 Å². The van der Waals surface area contributed by atoms with Gasteiger partial charge in [0.15, 0.2) is 9.84 Å². The number of sulfone groups is 1. The highest BCUT2D eigenvalue weighted by molar-refractivity contribution is 7.92. The molecule has 126 valence electrons. The molecule has 3 heterocycles. The molecular weight excluding hydrogens is 322 g/mol. The Hall–Kier alpha value is -2.01. The van der Waals surface area contributed by atoms with Gasteiger partial charge in [-0.25, -0.2) is 8.42 Å². The molecule has 1 fully saturated rings. The van der Waals surface area contributed by atoms with Crippen LogP contribution in [0.1, 0.15) is 38.2 Å². The molecule has 1 atom stereocenters. The predicted molar refractivity (Wildman–Crippen MR) is 95.8 cm³/mol. The molecule has 0 spiro atoms. The van der Waals surface area contributed by atoms with Crippen LogP contribution < -0.4 is 0 Å². The molecule has 1 aliphatic heterocycles. The summed E-state index contributed by atoms with van der Waals surface area (Å²) in [6.45, 7) is 3.69. The van der Waals surface area contributed by atoms with E-state index in [-0.39, 0.29) is 11.7 Å². The number of furan rings is 1. The van der Waals surface area contributed by atoms with E-state index in [1.165, 1.54) is 10.9 Å². The zero-order valence-electron chi connectivity index (χ0n) is 13.9. The third-order valence-electron chi connectivity index (χ3n) is 5.32. The molecule has 0 saturated carbocycles. The van der Waals surface area contributed by atoms with E-state index >= 15 is 0 Å². The van der Waals surface area contributed by atoms with Crippen LogP contribution in [0.5, 0.6) is 0 Å². The van der Waals surface area contributed by atoms with E-state index in [4.69, 9.17) is 4.42 Å². The molecule has 4 nitrogen and oxygen atoms in total. The minimum atomic E-state index is -3.00. The van der Waals surface area contributed by atoms with Gasteiger partial charge in [-0.05, 0) is 61.9 Å². The van der Waals surface area contributed by atoms with Crippen molar-refractivity contribution in [3.8, 4) is 11.1 Å². The topological polar surface area (TPSA) is 63.1 Å². The number of aromatic amines is 1. The molecule has 0 radical (unpaired) electrons. The lowest BCUT2D eigenvalue weighted by atomic mass is 9.86. The molecule has 0 aliphatic carbocycles. The Balaban J connectivity index is 1.76. The van der Waals surface area contributed by atoms with Crippen molar-refractivity contribution in [1.29, 1.82) is 0 Å². The van der Waals surface area contributed by atoms with Gasteiger partial charge >= 0.3 is 0 Å². The molecule has 24 heavy (non-hydrogen) atoms. The molecule has 1 aliphatic rings. The number of fused-ring (bicyclic) bond motifs is 1. The van der Waals surface area contributed by atoms with E-state index in [0.29, 0.717) is 12.8 Å². The van der Waals surface area contributed by atoms with Gasteiger partial charge in [-0.2, -0.15) is 0 Å². The Morgan fingerprint density at radius 3 is 2.75 bits per heavy atom. The molecule has 1 N–H and O–H groups in total. The first-order valence-corrected chi connectivity index (χ1v) is 9.88. The molecular formula is C19H21NO3S. The van der Waals surface area contributed by atoms with E-state index in [2.05, 4.69) is 23.2 Å². The largest absolute Gasteiger partial charge is 0.472 e. The van der Waals surface area contributed by atoms with Crippen molar-refractivity contribution in [2.24, 2.45) is 0 Å². The highest BCUT2D eigenvalue weighted by Crippen LogP contribution is 2.42. The number of H-pyrrole nitrogens is 1. The second-order valence-electron chi connectivity index (χ2n) is 7.28. The minimum Gasteiger partial charge on any atom is -0.472 e. The first kappa shape index (κ1) is 15.5. The van der Waals surface area contributed by atoms with Crippen LogP contribution in [0.4, 0.5) is 0 Å². The number of benzene rings is 1. The standard InChI is InChI=1S/C19H21NO3S/c1-19(2)10-14(6-8-24(19,21)22)17-11-20-18-4-3-13(9-16(17)18)15-5-7-23-12-15/h3-5,7,9,11-12,14,20H,6,8,10H2,1-2H3. The predicted octanol–water partition coefficient (Wildman–Crippen LogP) is 4.50. The minimum absolute atomic E-state index is 0.261. The Bertz CT molecular complexity index is 981. The van der Waals surface area contributed by atoms with Crippen LogP contribution in [0, 0.1) is 0 Å². The summed E-state index contributed by atoms with van der Waals surface area (Å²) in [4.78, 5) is 3.33. The highest BCUT2D eigenvalue weighted by atomic mass is 32.2. The van der Waals surface area contributed by atoms with E-state index < -0.39 is 14.6 Å².